The Morgan fingerprint density at radius 1 is 1.75 bits per heavy atom. The van der Waals surface area contributed by atoms with E-state index in [1.165, 1.54) is 6.21 Å². The molecule has 0 bridgehead atoms. The summed E-state index contributed by atoms with van der Waals surface area (Å²) >= 11 is 0. The second-order valence-corrected chi connectivity index (χ2v) is 1.51. The van der Waals surface area contributed by atoms with Crippen molar-refractivity contribution in [3.05, 3.63) is 11.7 Å². The fourth-order valence-electron chi connectivity index (χ4n) is 0.431. The van der Waals surface area contributed by atoms with E-state index in [4.69, 9.17) is 5.41 Å². The van der Waals surface area contributed by atoms with Gasteiger partial charge >= 0.3 is 0 Å². The number of hydrogen-bond acceptors (Lipinski definition) is 2. The Balaban J connectivity index is 3.66. The monoisotopic (exact) mass is 110 g/mol. The van der Waals surface area contributed by atoms with Gasteiger partial charge in [-0.05, 0) is 6.20 Å². The third kappa shape index (κ3) is 2.45. The van der Waals surface area contributed by atoms with Gasteiger partial charge in [-0.2, -0.15) is 0 Å². The molecule has 0 heterocycles. The first-order valence-corrected chi connectivity index (χ1v) is 2.72. The summed E-state index contributed by atoms with van der Waals surface area (Å²) < 4.78 is 0. The Morgan fingerprint density at radius 3 is 2.50 bits per heavy atom. The van der Waals surface area contributed by atoms with Crippen molar-refractivity contribution in [1.29, 1.82) is 5.41 Å². The molecule has 2 N–H and O–H groups in total. The van der Waals surface area contributed by atoms with Crippen LogP contribution in [-0.4, -0.2) is 20.5 Å². The highest BCUT2D eigenvalue weighted by Gasteiger charge is 1.84. The maximum absolute atomic E-state index is 6.83. The smallest absolute Gasteiger partial charge is 0.158 e. The van der Waals surface area contributed by atoms with E-state index in [2.05, 4.69) is 5.32 Å². The maximum atomic E-state index is 6.83. The lowest BCUT2D eigenvalue weighted by atomic mass is 9.73. The molecular formula is C5H11BN2. The van der Waals surface area contributed by atoms with Crippen LogP contribution in [0.4, 0.5) is 0 Å². The van der Waals surface area contributed by atoms with E-state index >= 15 is 0 Å². The van der Waals surface area contributed by atoms with Crippen molar-refractivity contribution in [1.82, 2.24) is 5.32 Å². The van der Waals surface area contributed by atoms with E-state index in [1.807, 2.05) is 20.1 Å². The molecule has 0 aliphatic carbocycles. The first-order valence-electron chi connectivity index (χ1n) is 2.72. The van der Waals surface area contributed by atoms with Crippen LogP contribution in [0.3, 0.4) is 0 Å². The quantitative estimate of drug-likeness (QED) is 0.394. The Morgan fingerprint density at radius 2 is 2.38 bits per heavy atom. The molecule has 0 atom stereocenters. The third-order valence-corrected chi connectivity index (χ3v) is 0.923. The van der Waals surface area contributed by atoms with E-state index < -0.39 is 0 Å². The predicted octanol–water partition coefficient (Wildman–Crippen LogP) is 0.181. The lowest BCUT2D eigenvalue weighted by Crippen LogP contribution is -2.00. The van der Waals surface area contributed by atoms with Crippen molar-refractivity contribution in [2.24, 2.45) is 0 Å². The highest BCUT2D eigenvalue weighted by molar-refractivity contribution is 6.50. The van der Waals surface area contributed by atoms with E-state index in [0.717, 1.165) is 12.8 Å². The fourth-order valence-corrected chi connectivity index (χ4v) is 0.431. The molecule has 0 saturated heterocycles. The van der Waals surface area contributed by atoms with Crippen LogP contribution in [-0.2, 0) is 0 Å². The second kappa shape index (κ2) is 4.43. The van der Waals surface area contributed by atoms with E-state index in [9.17, 15) is 0 Å². The molecule has 0 fully saturated rings. The van der Waals surface area contributed by atoms with Crippen LogP contribution in [0.25, 0.3) is 0 Å². The van der Waals surface area contributed by atoms with Gasteiger partial charge in [0.1, 0.15) is 0 Å². The molecule has 44 valence electrons. The van der Waals surface area contributed by atoms with Gasteiger partial charge in [0.25, 0.3) is 0 Å². The Kier molecular flexibility index (Phi) is 4.03. The average molecular weight is 110 g/mol. The van der Waals surface area contributed by atoms with Crippen molar-refractivity contribution in [3.63, 3.8) is 0 Å². The van der Waals surface area contributed by atoms with Gasteiger partial charge in [-0.1, -0.05) is 12.3 Å². The minimum atomic E-state index is 0.921. The van der Waals surface area contributed by atoms with E-state index in [-0.39, 0.29) is 0 Å². The number of nitrogens with one attached hydrogen (secondary N) is 2. The molecule has 0 unspecified atom stereocenters. The van der Waals surface area contributed by atoms with Gasteiger partial charge in [0, 0.05) is 13.3 Å². The van der Waals surface area contributed by atoms with Crippen molar-refractivity contribution >= 4 is 13.5 Å². The van der Waals surface area contributed by atoms with Crippen molar-refractivity contribution in [3.8, 4) is 0 Å². The summed E-state index contributed by atoms with van der Waals surface area (Å²) in [5.74, 6) is 0. The standard InChI is InChI=1S/C5H11BN2/c1-6-5(3-7)4-8-2/h3-4,6-8H,1-2H3/b5-4+,7-3?. The van der Waals surface area contributed by atoms with Crippen molar-refractivity contribution in [2.75, 3.05) is 7.05 Å². The first kappa shape index (κ1) is 7.27. The molecular weight excluding hydrogens is 98.9 g/mol. The number of allylic oxidation sites excluding steroid dienone is 1. The molecule has 0 aromatic carbocycles. The Bertz CT molecular complexity index is 98.6. The third-order valence-electron chi connectivity index (χ3n) is 0.923. The van der Waals surface area contributed by atoms with Crippen LogP contribution in [0.5, 0.6) is 0 Å². The summed E-state index contributed by atoms with van der Waals surface area (Å²) in [5.41, 5.74) is 1.02. The van der Waals surface area contributed by atoms with Gasteiger partial charge < -0.3 is 10.7 Å². The van der Waals surface area contributed by atoms with Gasteiger partial charge in [0.15, 0.2) is 7.28 Å². The summed E-state index contributed by atoms with van der Waals surface area (Å²) in [6.07, 6.45) is 3.18. The molecule has 0 aliphatic heterocycles. The molecule has 0 saturated carbocycles. The lowest BCUT2D eigenvalue weighted by Gasteiger charge is -1.90. The van der Waals surface area contributed by atoms with Crippen LogP contribution in [0.2, 0.25) is 6.82 Å². The fraction of sp³-hybridized carbons (Fsp3) is 0.400. The van der Waals surface area contributed by atoms with Gasteiger partial charge in [-0.15, -0.1) is 0 Å². The predicted molar refractivity (Wildman–Crippen MR) is 38.9 cm³/mol. The molecule has 2 nitrogen and oxygen atoms in total. The Labute approximate surface area is 50.7 Å². The van der Waals surface area contributed by atoms with Crippen LogP contribution in [0.1, 0.15) is 0 Å². The molecule has 0 radical (unpaired) electrons. The minimum absolute atomic E-state index is 0.921. The molecule has 0 amide bonds. The zero-order chi connectivity index (χ0) is 6.41. The van der Waals surface area contributed by atoms with Gasteiger partial charge in [-0.25, -0.2) is 0 Å². The maximum Gasteiger partial charge on any atom is 0.158 e. The van der Waals surface area contributed by atoms with Crippen LogP contribution < -0.4 is 5.32 Å². The zero-order valence-electron chi connectivity index (χ0n) is 5.36. The summed E-state index contributed by atoms with van der Waals surface area (Å²) in [4.78, 5) is 0. The molecule has 0 spiro atoms. The first-order chi connectivity index (χ1) is 3.85. The van der Waals surface area contributed by atoms with E-state index in [0.29, 0.717) is 0 Å². The van der Waals surface area contributed by atoms with Gasteiger partial charge in [0.2, 0.25) is 0 Å². The van der Waals surface area contributed by atoms with Crippen LogP contribution >= 0.6 is 0 Å². The molecule has 0 aliphatic rings. The van der Waals surface area contributed by atoms with E-state index in [1.54, 1.807) is 0 Å². The minimum Gasteiger partial charge on any atom is -0.394 e. The zero-order valence-corrected chi connectivity index (χ0v) is 5.36. The van der Waals surface area contributed by atoms with Crippen LogP contribution in [0, 0.1) is 5.41 Å². The number of hydrogen-bond donors (Lipinski definition) is 2. The summed E-state index contributed by atoms with van der Waals surface area (Å²) in [6, 6.07) is 0. The normalized spacial score (nSPS) is 10.5. The molecule has 0 rings (SSSR count). The number of rotatable bonds is 3. The SMILES string of the molecule is CB/C(C=N)=C/NC. The highest BCUT2D eigenvalue weighted by Crippen LogP contribution is 1.80. The molecule has 0 aromatic rings. The summed E-state index contributed by atoms with van der Waals surface area (Å²) in [5, 5.41) is 9.69. The van der Waals surface area contributed by atoms with Crippen molar-refractivity contribution < 1.29 is 0 Å². The summed E-state index contributed by atoms with van der Waals surface area (Å²) in [6.45, 7) is 2.02. The largest absolute Gasteiger partial charge is 0.394 e. The molecule has 3 heteroatoms. The van der Waals surface area contributed by atoms with Crippen molar-refractivity contribution in [2.45, 2.75) is 6.82 Å². The molecule has 0 aromatic heterocycles. The average Bonchev–Trinajstić information content (AvgIpc) is 1.83. The second-order valence-electron chi connectivity index (χ2n) is 1.51. The highest BCUT2D eigenvalue weighted by atomic mass is 14.8. The topological polar surface area (TPSA) is 35.9 Å². The summed E-state index contributed by atoms with van der Waals surface area (Å²) in [7, 11) is 2.75. The van der Waals surface area contributed by atoms with Crippen LogP contribution in [0.15, 0.2) is 11.7 Å². The van der Waals surface area contributed by atoms with Gasteiger partial charge in [0.05, 0.1) is 0 Å². The van der Waals surface area contributed by atoms with Gasteiger partial charge in [-0.3, -0.25) is 0 Å². The lowest BCUT2D eigenvalue weighted by molar-refractivity contribution is 1.10. The Hall–Kier alpha value is -0.725. The molecule has 8 heavy (non-hydrogen) atoms.